The lowest BCUT2D eigenvalue weighted by Crippen LogP contribution is -2.12. The average Bonchev–Trinajstić information content (AvgIpc) is 2.03. The number of pyridine rings is 1. The molecule has 0 aliphatic rings. The normalized spacial score (nSPS) is 11.5. The van der Waals surface area contributed by atoms with Gasteiger partial charge in [-0.2, -0.15) is 0 Å². The summed E-state index contributed by atoms with van der Waals surface area (Å²) >= 11 is 5.54. The number of amidine groups is 1. The first-order valence-electron chi connectivity index (χ1n) is 2.83. The van der Waals surface area contributed by atoms with E-state index in [0.29, 0.717) is 10.7 Å². The number of rotatable bonds is 1. The van der Waals surface area contributed by atoms with Crippen LogP contribution in [-0.2, 0) is 0 Å². The molecule has 0 bridgehead atoms. The van der Waals surface area contributed by atoms with Gasteiger partial charge in [0.1, 0.15) is 5.15 Å². The van der Waals surface area contributed by atoms with E-state index in [1.54, 1.807) is 6.07 Å². The minimum absolute atomic E-state index is 0.0225. The van der Waals surface area contributed by atoms with Crippen molar-refractivity contribution in [3.8, 4) is 0 Å². The molecule has 1 aromatic rings. The lowest BCUT2D eigenvalue weighted by atomic mass is 10.2. The minimum Gasteiger partial charge on any atom is -0.409 e. The highest BCUT2D eigenvalue weighted by molar-refractivity contribution is 6.29. The van der Waals surface area contributed by atoms with Gasteiger partial charge < -0.3 is 10.9 Å². The van der Waals surface area contributed by atoms with E-state index in [2.05, 4.69) is 10.1 Å². The second kappa shape index (κ2) is 3.21. The van der Waals surface area contributed by atoms with Gasteiger partial charge in [-0.3, -0.25) is 0 Å². The predicted molar refractivity (Wildman–Crippen MR) is 41.8 cm³/mol. The molecule has 0 fully saturated rings. The van der Waals surface area contributed by atoms with Crippen LogP contribution in [0.4, 0.5) is 0 Å². The highest BCUT2D eigenvalue weighted by Gasteiger charge is 1.98. The zero-order chi connectivity index (χ0) is 8.27. The fourth-order valence-electron chi connectivity index (χ4n) is 0.620. The number of oxime groups is 1. The summed E-state index contributed by atoms with van der Waals surface area (Å²) in [7, 11) is 0. The van der Waals surface area contributed by atoms with Gasteiger partial charge in [-0.1, -0.05) is 16.8 Å². The zero-order valence-corrected chi connectivity index (χ0v) is 6.28. The Morgan fingerprint density at radius 3 is 3.00 bits per heavy atom. The van der Waals surface area contributed by atoms with Crippen LogP contribution in [0.2, 0.25) is 5.15 Å². The number of hydrogen-bond acceptors (Lipinski definition) is 3. The summed E-state index contributed by atoms with van der Waals surface area (Å²) in [6, 6.07) is 3.11. The molecule has 1 heterocycles. The van der Waals surface area contributed by atoms with E-state index >= 15 is 0 Å². The fraction of sp³-hybridized carbons (Fsp3) is 0. The molecule has 0 saturated heterocycles. The van der Waals surface area contributed by atoms with Crippen LogP contribution in [0.1, 0.15) is 5.56 Å². The van der Waals surface area contributed by atoms with E-state index in [4.69, 9.17) is 22.5 Å². The molecule has 58 valence electrons. The highest BCUT2D eigenvalue weighted by atomic mass is 35.5. The molecule has 0 aliphatic heterocycles. The third-order valence-electron chi connectivity index (χ3n) is 1.13. The number of hydrogen-bond donors (Lipinski definition) is 2. The molecule has 0 radical (unpaired) electrons. The molecule has 0 atom stereocenters. The van der Waals surface area contributed by atoms with Crippen molar-refractivity contribution in [3.63, 3.8) is 0 Å². The van der Waals surface area contributed by atoms with Crippen LogP contribution in [0.3, 0.4) is 0 Å². The summed E-state index contributed by atoms with van der Waals surface area (Å²) in [4.78, 5) is 3.73. The van der Waals surface area contributed by atoms with Crippen LogP contribution in [0.5, 0.6) is 0 Å². The summed E-state index contributed by atoms with van der Waals surface area (Å²) in [6.45, 7) is 0. The minimum atomic E-state index is 0.0225. The van der Waals surface area contributed by atoms with E-state index < -0.39 is 0 Å². The van der Waals surface area contributed by atoms with Gasteiger partial charge in [0.2, 0.25) is 0 Å². The highest BCUT2D eigenvalue weighted by Crippen LogP contribution is 2.05. The third kappa shape index (κ3) is 1.81. The van der Waals surface area contributed by atoms with Crippen LogP contribution in [0.15, 0.2) is 23.5 Å². The molecular formula is C6H6ClN3O. The standard InChI is InChI=1S/C6H6ClN3O/c7-5-3-4(1-2-9-5)6(8)10-11/h1-3,11H,(H2,8,10). The Kier molecular flexibility index (Phi) is 2.28. The van der Waals surface area contributed by atoms with Gasteiger partial charge in [0.25, 0.3) is 0 Å². The lowest BCUT2D eigenvalue weighted by molar-refractivity contribution is 0.318. The molecule has 4 nitrogen and oxygen atoms in total. The number of halogens is 1. The van der Waals surface area contributed by atoms with Crippen molar-refractivity contribution in [1.82, 2.24) is 4.98 Å². The van der Waals surface area contributed by atoms with Crippen LogP contribution < -0.4 is 5.73 Å². The van der Waals surface area contributed by atoms with Gasteiger partial charge in [-0.25, -0.2) is 4.98 Å². The summed E-state index contributed by atoms with van der Waals surface area (Å²) in [5.41, 5.74) is 5.83. The molecule has 0 amide bonds. The molecule has 1 aromatic heterocycles. The molecule has 3 N–H and O–H groups in total. The van der Waals surface area contributed by atoms with Crippen molar-refractivity contribution >= 4 is 17.4 Å². The third-order valence-corrected chi connectivity index (χ3v) is 1.34. The quantitative estimate of drug-likeness (QED) is 0.216. The molecule has 1 rings (SSSR count). The maximum atomic E-state index is 8.28. The Morgan fingerprint density at radius 1 is 1.73 bits per heavy atom. The van der Waals surface area contributed by atoms with E-state index in [9.17, 15) is 0 Å². The van der Waals surface area contributed by atoms with Crippen molar-refractivity contribution in [2.75, 3.05) is 0 Å². The first kappa shape index (κ1) is 7.81. The Hall–Kier alpha value is -1.29. The predicted octanol–water partition coefficient (Wildman–Crippen LogP) is 0.829. The first-order valence-corrected chi connectivity index (χ1v) is 3.21. The van der Waals surface area contributed by atoms with E-state index in [1.165, 1.54) is 12.3 Å². The summed E-state index contributed by atoms with van der Waals surface area (Å²) in [6.07, 6.45) is 1.48. The van der Waals surface area contributed by atoms with Gasteiger partial charge >= 0.3 is 0 Å². The fourth-order valence-corrected chi connectivity index (χ4v) is 0.793. The molecule has 0 unspecified atom stereocenters. The molecule has 5 heteroatoms. The summed E-state index contributed by atoms with van der Waals surface area (Å²) in [5.74, 6) is 0.0225. The van der Waals surface area contributed by atoms with Gasteiger partial charge in [0.05, 0.1) is 0 Å². The monoisotopic (exact) mass is 171 g/mol. The second-order valence-corrected chi connectivity index (χ2v) is 2.24. The molecule has 11 heavy (non-hydrogen) atoms. The molecule has 0 aromatic carbocycles. The van der Waals surface area contributed by atoms with Gasteiger partial charge in [0.15, 0.2) is 5.84 Å². The second-order valence-electron chi connectivity index (χ2n) is 1.85. The molecule has 0 aliphatic carbocycles. The van der Waals surface area contributed by atoms with Gasteiger partial charge in [-0.15, -0.1) is 0 Å². The Balaban J connectivity index is 3.06. The smallest absolute Gasteiger partial charge is 0.170 e. The average molecular weight is 172 g/mol. The number of nitrogens with two attached hydrogens (primary N) is 1. The van der Waals surface area contributed by atoms with Crippen molar-refractivity contribution in [1.29, 1.82) is 0 Å². The van der Waals surface area contributed by atoms with Crippen LogP contribution >= 0.6 is 11.6 Å². The maximum absolute atomic E-state index is 8.28. The van der Waals surface area contributed by atoms with Crippen molar-refractivity contribution in [3.05, 3.63) is 29.0 Å². The van der Waals surface area contributed by atoms with Gasteiger partial charge in [0, 0.05) is 11.8 Å². The van der Waals surface area contributed by atoms with E-state index in [0.717, 1.165) is 0 Å². The lowest BCUT2D eigenvalue weighted by Gasteiger charge is -1.96. The van der Waals surface area contributed by atoms with Gasteiger partial charge in [-0.05, 0) is 12.1 Å². The summed E-state index contributed by atoms with van der Waals surface area (Å²) < 4.78 is 0. The Morgan fingerprint density at radius 2 is 2.45 bits per heavy atom. The molecule has 0 spiro atoms. The number of aromatic nitrogens is 1. The van der Waals surface area contributed by atoms with Crippen LogP contribution in [0, 0.1) is 0 Å². The zero-order valence-electron chi connectivity index (χ0n) is 5.53. The largest absolute Gasteiger partial charge is 0.409 e. The van der Waals surface area contributed by atoms with Crippen molar-refractivity contribution in [2.24, 2.45) is 10.9 Å². The first-order chi connectivity index (χ1) is 5.24. The van der Waals surface area contributed by atoms with Crippen LogP contribution in [0.25, 0.3) is 0 Å². The SMILES string of the molecule is N/C(=N\O)c1ccnc(Cl)c1. The van der Waals surface area contributed by atoms with Crippen molar-refractivity contribution < 1.29 is 5.21 Å². The van der Waals surface area contributed by atoms with Crippen molar-refractivity contribution in [2.45, 2.75) is 0 Å². The maximum Gasteiger partial charge on any atom is 0.170 e. The topological polar surface area (TPSA) is 71.5 Å². The van der Waals surface area contributed by atoms with E-state index in [-0.39, 0.29) is 5.84 Å². The molecule has 0 saturated carbocycles. The van der Waals surface area contributed by atoms with Crippen LogP contribution in [-0.4, -0.2) is 16.0 Å². The molecular weight excluding hydrogens is 166 g/mol. The Bertz CT molecular complexity index is 287. The summed E-state index contributed by atoms with van der Waals surface area (Å²) in [5, 5.41) is 11.4. The van der Waals surface area contributed by atoms with E-state index in [1.807, 2.05) is 0 Å². The Labute approximate surface area is 68.3 Å². The number of nitrogens with zero attached hydrogens (tertiary/aromatic N) is 2.